The molecule has 1 saturated heterocycles. The lowest BCUT2D eigenvalue weighted by Crippen LogP contribution is -2.64. The average molecular weight is 416 g/mol. The van der Waals surface area contributed by atoms with Crippen molar-refractivity contribution in [2.24, 2.45) is 46.3 Å². The molecule has 0 radical (unpaired) electrons. The van der Waals surface area contributed by atoms with Gasteiger partial charge in [-0.25, -0.2) is 0 Å². The molecule has 1 amide bonds. The monoisotopic (exact) mass is 415 g/mol. The number of rotatable bonds is 5. The summed E-state index contributed by atoms with van der Waals surface area (Å²) in [5.41, 5.74) is 0.469. The van der Waals surface area contributed by atoms with Gasteiger partial charge < -0.3 is 4.90 Å². The van der Waals surface area contributed by atoms with Crippen molar-refractivity contribution in [3.8, 4) is 0 Å². The molecule has 1 unspecified atom stereocenters. The number of nitrogens with zero attached hydrogens (tertiary/aromatic N) is 1. The van der Waals surface area contributed by atoms with Crippen molar-refractivity contribution in [1.82, 2.24) is 4.90 Å². The van der Waals surface area contributed by atoms with Crippen LogP contribution in [0.3, 0.4) is 0 Å². The minimum absolute atomic E-state index is 0.129. The molecule has 170 valence electrons. The van der Waals surface area contributed by atoms with Gasteiger partial charge in [0.15, 0.2) is 0 Å². The Labute approximate surface area is 184 Å². The van der Waals surface area contributed by atoms with E-state index in [2.05, 4.69) is 34.6 Å². The maximum absolute atomic E-state index is 13.5. The molecule has 3 nitrogen and oxygen atoms in total. The number of Topliss-reactive ketones (excluding diaryl/α,β-unsaturated/α-hetero) is 1. The van der Waals surface area contributed by atoms with E-state index in [1.165, 1.54) is 44.9 Å². The zero-order valence-corrected chi connectivity index (χ0v) is 20.4. The number of piperidine rings is 1. The number of ketones is 1. The van der Waals surface area contributed by atoms with Crippen LogP contribution in [0.25, 0.3) is 0 Å². The minimum Gasteiger partial charge on any atom is -0.342 e. The van der Waals surface area contributed by atoms with Crippen molar-refractivity contribution in [2.45, 2.75) is 105 Å². The van der Waals surface area contributed by atoms with Gasteiger partial charge in [0.25, 0.3) is 0 Å². The van der Waals surface area contributed by atoms with Crippen LogP contribution < -0.4 is 0 Å². The average Bonchev–Trinajstić information content (AvgIpc) is 3.03. The van der Waals surface area contributed by atoms with Crippen molar-refractivity contribution >= 4 is 11.7 Å². The van der Waals surface area contributed by atoms with Crippen molar-refractivity contribution in [3.05, 3.63) is 0 Å². The highest BCUT2D eigenvalue weighted by Crippen LogP contribution is 2.66. The highest BCUT2D eigenvalue weighted by molar-refractivity contribution is 5.86. The van der Waals surface area contributed by atoms with E-state index in [1.54, 1.807) is 0 Å². The number of amides is 1. The number of hydrogen-bond acceptors (Lipinski definition) is 2. The predicted molar refractivity (Wildman–Crippen MR) is 122 cm³/mol. The predicted octanol–water partition coefficient (Wildman–Crippen LogP) is 6.11. The van der Waals surface area contributed by atoms with Gasteiger partial charge in [0.2, 0.25) is 5.91 Å². The number of carbonyl (C=O) groups is 2. The number of carbonyl (C=O) groups excluding carboxylic acids is 2. The largest absolute Gasteiger partial charge is 0.342 e. The molecule has 0 bridgehead atoms. The SMILES string of the molecule is CC(C)CCC[C@@H](C)[C@H]1CC[C@H]2[C@@H]3C(=O)CC4N(C)C(=O)CC[C@]4(C)[C@H]3CC[C@]12C. The minimum atomic E-state index is 0.129. The summed E-state index contributed by atoms with van der Waals surface area (Å²) in [7, 11) is 1.94. The van der Waals surface area contributed by atoms with Crippen molar-refractivity contribution in [3.63, 3.8) is 0 Å². The molecule has 0 aromatic heterocycles. The van der Waals surface area contributed by atoms with E-state index in [0.29, 0.717) is 35.9 Å². The standard InChI is InChI=1S/C27H45NO2/c1-17(2)8-7-9-18(3)19-10-11-20-25-21(12-14-26(19,20)4)27(5)15-13-24(30)28(6)23(27)16-22(25)29/h17-21,23,25H,7-16H2,1-6H3/t18-,19-,20+,21+,23?,25+,26-,27-/m1/s1. The zero-order chi connectivity index (χ0) is 21.8. The molecular formula is C27H45NO2. The normalized spacial score (nSPS) is 44.6. The van der Waals surface area contributed by atoms with Crippen LogP contribution in [0.15, 0.2) is 0 Å². The van der Waals surface area contributed by atoms with Crippen LogP contribution in [-0.2, 0) is 9.59 Å². The van der Waals surface area contributed by atoms with Crippen LogP contribution >= 0.6 is 0 Å². The van der Waals surface area contributed by atoms with E-state index in [1.807, 2.05) is 11.9 Å². The molecule has 0 aromatic carbocycles. The van der Waals surface area contributed by atoms with Crippen LogP contribution in [0.1, 0.15) is 98.8 Å². The highest BCUT2D eigenvalue weighted by Gasteiger charge is 2.63. The number of hydrogen-bond donors (Lipinski definition) is 0. The lowest BCUT2D eigenvalue weighted by molar-refractivity contribution is -0.167. The quantitative estimate of drug-likeness (QED) is 0.543. The highest BCUT2D eigenvalue weighted by atomic mass is 16.2. The Hall–Kier alpha value is -0.860. The van der Waals surface area contributed by atoms with Gasteiger partial charge in [-0.1, -0.05) is 53.9 Å². The molecule has 0 aromatic rings. The molecule has 0 spiro atoms. The summed E-state index contributed by atoms with van der Waals surface area (Å²) >= 11 is 0. The van der Waals surface area contributed by atoms with Gasteiger partial charge in [0.1, 0.15) is 5.78 Å². The van der Waals surface area contributed by atoms with E-state index in [4.69, 9.17) is 0 Å². The van der Waals surface area contributed by atoms with Gasteiger partial charge >= 0.3 is 0 Å². The lowest BCUT2D eigenvalue weighted by atomic mass is 9.46. The van der Waals surface area contributed by atoms with Gasteiger partial charge in [-0.2, -0.15) is 0 Å². The van der Waals surface area contributed by atoms with Gasteiger partial charge in [-0.15, -0.1) is 0 Å². The van der Waals surface area contributed by atoms with Crippen LogP contribution in [0.5, 0.6) is 0 Å². The van der Waals surface area contributed by atoms with Crippen molar-refractivity contribution in [1.29, 1.82) is 0 Å². The fraction of sp³-hybridized carbons (Fsp3) is 0.926. The molecule has 4 aliphatic rings. The van der Waals surface area contributed by atoms with Crippen LogP contribution in [-0.4, -0.2) is 29.7 Å². The van der Waals surface area contributed by atoms with Crippen LogP contribution in [0.2, 0.25) is 0 Å². The Morgan fingerprint density at radius 2 is 1.67 bits per heavy atom. The van der Waals surface area contributed by atoms with Gasteiger partial charge in [-0.05, 0) is 72.5 Å². The first-order valence-corrected chi connectivity index (χ1v) is 12.9. The van der Waals surface area contributed by atoms with Crippen molar-refractivity contribution in [2.75, 3.05) is 7.05 Å². The molecule has 3 saturated carbocycles. The maximum atomic E-state index is 13.5. The number of fused-ring (bicyclic) bond motifs is 5. The third-order valence-electron chi connectivity index (χ3n) is 10.6. The molecule has 4 rings (SSSR count). The van der Waals surface area contributed by atoms with Gasteiger partial charge in [0, 0.05) is 31.8 Å². The Balaban J connectivity index is 1.54. The Morgan fingerprint density at radius 1 is 0.967 bits per heavy atom. The first kappa shape index (κ1) is 22.3. The summed E-state index contributed by atoms with van der Waals surface area (Å²) in [6, 6.07) is 0.129. The summed E-state index contributed by atoms with van der Waals surface area (Å²) in [6.45, 7) is 12.1. The zero-order valence-electron chi connectivity index (χ0n) is 20.4. The maximum Gasteiger partial charge on any atom is 0.222 e. The fourth-order valence-electron chi connectivity index (χ4n) is 8.82. The molecule has 8 atom stereocenters. The van der Waals surface area contributed by atoms with Gasteiger partial charge in [-0.3, -0.25) is 9.59 Å². The van der Waals surface area contributed by atoms with E-state index in [-0.39, 0.29) is 23.3 Å². The third-order valence-corrected chi connectivity index (χ3v) is 10.6. The summed E-state index contributed by atoms with van der Waals surface area (Å²) in [5.74, 6) is 4.37. The first-order valence-electron chi connectivity index (χ1n) is 12.9. The molecule has 4 fully saturated rings. The molecule has 30 heavy (non-hydrogen) atoms. The number of likely N-dealkylation sites (tertiary alicyclic amines) is 1. The second-order valence-corrected chi connectivity index (χ2v) is 12.5. The topological polar surface area (TPSA) is 37.4 Å². The lowest BCUT2D eigenvalue weighted by Gasteiger charge is -2.61. The molecule has 3 heteroatoms. The second kappa shape index (κ2) is 7.93. The van der Waals surface area contributed by atoms with Crippen LogP contribution in [0.4, 0.5) is 0 Å². The molecule has 0 N–H and O–H groups in total. The van der Waals surface area contributed by atoms with E-state index in [9.17, 15) is 9.59 Å². The first-order chi connectivity index (χ1) is 14.1. The van der Waals surface area contributed by atoms with E-state index in [0.717, 1.165) is 24.2 Å². The summed E-state index contributed by atoms with van der Waals surface area (Å²) < 4.78 is 0. The molecular weight excluding hydrogens is 370 g/mol. The van der Waals surface area contributed by atoms with Crippen LogP contribution in [0, 0.1) is 46.3 Å². The molecule has 1 aliphatic heterocycles. The summed E-state index contributed by atoms with van der Waals surface area (Å²) in [5, 5.41) is 0. The van der Waals surface area contributed by atoms with E-state index < -0.39 is 0 Å². The summed E-state index contributed by atoms with van der Waals surface area (Å²) in [6.07, 6.45) is 11.3. The van der Waals surface area contributed by atoms with Gasteiger partial charge in [0.05, 0.1) is 0 Å². The Kier molecular flexibility index (Phi) is 5.90. The molecule has 1 heterocycles. The Morgan fingerprint density at radius 3 is 2.37 bits per heavy atom. The Bertz CT molecular complexity index is 686. The van der Waals surface area contributed by atoms with Crippen molar-refractivity contribution < 1.29 is 9.59 Å². The second-order valence-electron chi connectivity index (χ2n) is 12.5. The smallest absolute Gasteiger partial charge is 0.222 e. The fourth-order valence-corrected chi connectivity index (χ4v) is 8.82. The molecule has 3 aliphatic carbocycles. The van der Waals surface area contributed by atoms with E-state index >= 15 is 0 Å². The third kappa shape index (κ3) is 3.37. The summed E-state index contributed by atoms with van der Waals surface area (Å²) in [4.78, 5) is 27.8.